The summed E-state index contributed by atoms with van der Waals surface area (Å²) in [6.07, 6.45) is -0.439. The van der Waals surface area contributed by atoms with Gasteiger partial charge in [0.25, 0.3) is 0 Å². The lowest BCUT2D eigenvalue weighted by Gasteiger charge is -2.21. The summed E-state index contributed by atoms with van der Waals surface area (Å²) in [6.45, 7) is 8.51. The van der Waals surface area contributed by atoms with Crippen LogP contribution in [-0.4, -0.2) is 30.0 Å². The fourth-order valence-corrected chi connectivity index (χ4v) is 2.17. The van der Waals surface area contributed by atoms with Crippen molar-refractivity contribution < 1.29 is 9.53 Å². The maximum absolute atomic E-state index is 12.1. The van der Waals surface area contributed by atoms with Gasteiger partial charge >= 0.3 is 6.09 Å². The van der Waals surface area contributed by atoms with Crippen LogP contribution in [0.5, 0.6) is 5.75 Å². The Morgan fingerprint density at radius 3 is 2.57 bits per heavy atom. The van der Waals surface area contributed by atoms with Crippen LogP contribution in [0.15, 0.2) is 17.3 Å². The van der Waals surface area contributed by atoms with Crippen LogP contribution in [0, 0.1) is 11.8 Å². The smallest absolute Gasteiger partial charge is 0.410 e. The highest BCUT2D eigenvalue weighted by atomic mass is 35.5. The summed E-state index contributed by atoms with van der Waals surface area (Å²) in [7, 11) is 0. The molecule has 1 aromatic rings. The number of hydrogen-bond donors (Lipinski definition) is 0. The Bertz CT molecular complexity index is 518. The van der Waals surface area contributed by atoms with Crippen LogP contribution >= 0.6 is 11.6 Å². The van der Waals surface area contributed by atoms with Crippen LogP contribution in [0.25, 0.3) is 0 Å². The summed E-state index contributed by atoms with van der Waals surface area (Å²) in [4.78, 5) is 24.5. The summed E-state index contributed by atoms with van der Waals surface area (Å²) in [6, 6.07) is 3.35. The minimum atomic E-state index is -0.439. The van der Waals surface area contributed by atoms with Gasteiger partial charge in [0.15, 0.2) is 0 Å². The molecule has 0 N–H and O–H groups in total. The lowest BCUT2D eigenvalue weighted by molar-refractivity contribution is 0.157. The summed E-state index contributed by atoms with van der Waals surface area (Å²) < 4.78 is 5.48. The van der Waals surface area contributed by atoms with Crippen LogP contribution < -0.4 is 4.74 Å². The summed E-state index contributed by atoms with van der Waals surface area (Å²) in [5.41, 5.74) is 1.83. The van der Waals surface area contributed by atoms with Gasteiger partial charge in [-0.2, -0.15) is 0 Å². The van der Waals surface area contributed by atoms with Crippen LogP contribution in [0.4, 0.5) is 10.5 Å². The van der Waals surface area contributed by atoms with E-state index in [0.29, 0.717) is 36.0 Å². The third-order valence-electron chi connectivity index (χ3n) is 3.24. The van der Waals surface area contributed by atoms with Crippen molar-refractivity contribution in [3.8, 4) is 5.75 Å². The average molecular weight is 313 g/mol. The molecule has 0 radical (unpaired) electrons. The van der Waals surface area contributed by atoms with Crippen LogP contribution in [0.3, 0.4) is 0 Å². The van der Waals surface area contributed by atoms with Gasteiger partial charge in [-0.3, -0.25) is 0 Å². The van der Waals surface area contributed by atoms with E-state index in [1.165, 1.54) is 4.90 Å². The van der Waals surface area contributed by atoms with Crippen molar-refractivity contribution in [1.29, 1.82) is 0 Å². The normalized spacial score (nSPS) is 10.6. The molecule has 6 heteroatoms. The molecule has 0 unspecified atom stereocenters. The molecule has 0 heterocycles. The molecule has 0 aliphatic carbocycles. The monoisotopic (exact) mass is 312 g/mol. The number of nitroso groups, excluding NO2 is 1. The standard InChI is InChI=1S/C15H21ClN2O3/c1-5-18(7-6-16)15(19)21-14-8-11(4)13(17-20)9-12(14)10(2)3/h8-10H,5-7H2,1-4H3. The first kappa shape index (κ1) is 17.4. The van der Waals surface area contributed by atoms with Gasteiger partial charge in [0.1, 0.15) is 11.4 Å². The minimum absolute atomic E-state index is 0.108. The van der Waals surface area contributed by atoms with Crippen molar-refractivity contribution in [3.63, 3.8) is 0 Å². The lowest BCUT2D eigenvalue weighted by atomic mass is 9.99. The molecule has 1 amide bonds. The first-order valence-corrected chi connectivity index (χ1v) is 7.48. The maximum Gasteiger partial charge on any atom is 0.415 e. The van der Waals surface area contributed by atoms with Gasteiger partial charge in [0, 0.05) is 19.0 Å². The molecule has 116 valence electrons. The Morgan fingerprint density at radius 2 is 2.10 bits per heavy atom. The molecular weight excluding hydrogens is 292 g/mol. The highest BCUT2D eigenvalue weighted by Crippen LogP contribution is 2.33. The number of rotatable bonds is 6. The van der Waals surface area contributed by atoms with Crippen molar-refractivity contribution in [1.82, 2.24) is 4.90 Å². The number of ether oxygens (including phenoxy) is 1. The van der Waals surface area contributed by atoms with Gasteiger partial charge in [-0.05, 0) is 48.2 Å². The minimum Gasteiger partial charge on any atom is -0.410 e. The molecule has 21 heavy (non-hydrogen) atoms. The zero-order chi connectivity index (χ0) is 16.0. The van der Waals surface area contributed by atoms with Gasteiger partial charge < -0.3 is 9.64 Å². The molecule has 0 aromatic heterocycles. The van der Waals surface area contributed by atoms with Crippen LogP contribution in [-0.2, 0) is 0 Å². The van der Waals surface area contributed by atoms with E-state index in [9.17, 15) is 9.70 Å². The fourth-order valence-electron chi connectivity index (χ4n) is 1.96. The first-order chi connectivity index (χ1) is 9.94. The Hall–Kier alpha value is -1.62. The van der Waals surface area contributed by atoms with Gasteiger partial charge in [0.2, 0.25) is 0 Å². The van der Waals surface area contributed by atoms with Gasteiger partial charge in [-0.15, -0.1) is 16.5 Å². The third kappa shape index (κ3) is 4.43. The summed E-state index contributed by atoms with van der Waals surface area (Å²) >= 11 is 5.67. The van der Waals surface area contributed by atoms with E-state index in [1.54, 1.807) is 19.1 Å². The van der Waals surface area contributed by atoms with Crippen molar-refractivity contribution in [3.05, 3.63) is 28.2 Å². The molecule has 0 saturated carbocycles. The quantitative estimate of drug-likeness (QED) is 0.571. The summed E-state index contributed by atoms with van der Waals surface area (Å²) in [5, 5.41) is 3.00. The van der Waals surface area contributed by atoms with Gasteiger partial charge in [-0.25, -0.2) is 4.79 Å². The molecule has 0 spiro atoms. The van der Waals surface area contributed by atoms with Crippen molar-refractivity contribution in [2.45, 2.75) is 33.6 Å². The number of alkyl halides is 1. The van der Waals surface area contributed by atoms with E-state index in [1.807, 2.05) is 20.8 Å². The maximum atomic E-state index is 12.1. The first-order valence-electron chi connectivity index (χ1n) is 6.95. The average Bonchev–Trinajstić information content (AvgIpc) is 2.44. The van der Waals surface area contributed by atoms with Crippen molar-refractivity contribution in [2.24, 2.45) is 5.18 Å². The number of hydrogen-bond acceptors (Lipinski definition) is 4. The Kier molecular flexibility index (Phi) is 6.62. The highest BCUT2D eigenvalue weighted by molar-refractivity contribution is 6.18. The number of halogens is 1. The Balaban J connectivity index is 3.09. The second-order valence-corrected chi connectivity index (χ2v) is 5.44. The molecule has 0 saturated heterocycles. The Labute approximate surface area is 130 Å². The second-order valence-electron chi connectivity index (χ2n) is 5.06. The van der Waals surface area contributed by atoms with Crippen molar-refractivity contribution >= 4 is 23.4 Å². The zero-order valence-corrected chi connectivity index (χ0v) is 13.6. The zero-order valence-electron chi connectivity index (χ0n) is 12.9. The predicted octanol–water partition coefficient (Wildman–Crippen LogP) is 4.58. The van der Waals surface area contributed by atoms with Crippen LogP contribution in [0.1, 0.15) is 37.8 Å². The summed E-state index contributed by atoms with van der Waals surface area (Å²) in [5.74, 6) is 0.928. The van der Waals surface area contributed by atoms with E-state index in [-0.39, 0.29) is 5.92 Å². The number of nitrogens with zero attached hydrogens (tertiary/aromatic N) is 2. The largest absolute Gasteiger partial charge is 0.415 e. The molecular formula is C15H21ClN2O3. The molecule has 1 rings (SSSR count). The van der Waals surface area contributed by atoms with E-state index < -0.39 is 6.09 Å². The fraction of sp³-hybridized carbons (Fsp3) is 0.533. The molecule has 0 aliphatic rings. The predicted molar refractivity (Wildman–Crippen MR) is 84.7 cm³/mol. The van der Waals surface area contributed by atoms with E-state index in [4.69, 9.17) is 16.3 Å². The van der Waals surface area contributed by atoms with E-state index in [0.717, 1.165) is 5.56 Å². The highest BCUT2D eigenvalue weighted by Gasteiger charge is 2.18. The number of carbonyl (C=O) groups excluding carboxylic acids is 1. The third-order valence-corrected chi connectivity index (χ3v) is 3.41. The molecule has 0 atom stereocenters. The van der Waals surface area contributed by atoms with Gasteiger partial charge in [-0.1, -0.05) is 13.8 Å². The molecule has 1 aromatic carbocycles. The molecule has 0 bridgehead atoms. The lowest BCUT2D eigenvalue weighted by Crippen LogP contribution is -2.35. The number of carbonyl (C=O) groups is 1. The van der Waals surface area contributed by atoms with E-state index >= 15 is 0 Å². The Morgan fingerprint density at radius 1 is 1.43 bits per heavy atom. The van der Waals surface area contributed by atoms with Crippen molar-refractivity contribution in [2.75, 3.05) is 19.0 Å². The number of benzene rings is 1. The second kappa shape index (κ2) is 7.98. The molecule has 5 nitrogen and oxygen atoms in total. The number of aryl methyl sites for hydroxylation is 1. The molecule has 0 fully saturated rings. The van der Waals surface area contributed by atoms with Crippen LogP contribution in [0.2, 0.25) is 0 Å². The number of amides is 1. The van der Waals surface area contributed by atoms with Gasteiger partial charge in [0.05, 0.1) is 0 Å². The topological polar surface area (TPSA) is 59.0 Å². The molecule has 0 aliphatic heterocycles. The SMILES string of the molecule is CCN(CCCl)C(=O)Oc1cc(C)c(N=O)cc1C(C)C. The van der Waals surface area contributed by atoms with E-state index in [2.05, 4.69) is 5.18 Å².